The summed E-state index contributed by atoms with van der Waals surface area (Å²) in [6.07, 6.45) is 0. The molecular weight excluding hydrogens is 269 g/mol. The number of nitrogens with zero attached hydrogens (tertiary/aromatic N) is 1. The fourth-order valence-corrected chi connectivity index (χ4v) is 2.31. The highest BCUT2D eigenvalue weighted by Crippen LogP contribution is 2.21. The lowest BCUT2D eigenvalue weighted by molar-refractivity contribution is 0.252. The molecule has 1 saturated heterocycles. The van der Waals surface area contributed by atoms with Crippen LogP contribution in [0.4, 0.5) is 20.6 Å². The first-order chi connectivity index (χ1) is 10.2. The maximum absolute atomic E-state index is 12.8. The molecule has 2 aromatic rings. The molecule has 108 valence electrons. The van der Waals surface area contributed by atoms with Crippen LogP contribution in [0, 0.1) is 5.82 Å². The zero-order chi connectivity index (χ0) is 14.7. The number of hydrogen-bond donors (Lipinski definition) is 2. The third-order valence-electron chi connectivity index (χ3n) is 3.42. The predicted octanol–water partition coefficient (Wildman–Crippen LogP) is 2.97. The number of halogens is 1. The number of anilines is 2. The molecule has 3 rings (SSSR count). The minimum Gasteiger partial charge on any atom is -0.381 e. The lowest BCUT2D eigenvalue weighted by atomic mass is 10.2. The second kappa shape index (κ2) is 5.83. The van der Waals surface area contributed by atoms with Crippen molar-refractivity contribution in [1.29, 1.82) is 0 Å². The highest BCUT2D eigenvalue weighted by atomic mass is 19.1. The molecule has 1 fully saturated rings. The van der Waals surface area contributed by atoms with Gasteiger partial charge < -0.3 is 10.6 Å². The third-order valence-corrected chi connectivity index (χ3v) is 3.42. The molecule has 0 atom stereocenters. The molecule has 1 aliphatic heterocycles. The first-order valence-electron chi connectivity index (χ1n) is 6.86. The van der Waals surface area contributed by atoms with E-state index in [2.05, 4.69) is 10.6 Å². The molecule has 5 heteroatoms. The molecule has 1 aliphatic rings. The summed E-state index contributed by atoms with van der Waals surface area (Å²) in [5, 5.41) is 6.06. The average molecular weight is 285 g/mol. The van der Waals surface area contributed by atoms with E-state index in [1.165, 1.54) is 12.1 Å². The fraction of sp³-hybridized carbons (Fsp3) is 0.188. The van der Waals surface area contributed by atoms with Crippen LogP contribution in [0.3, 0.4) is 0 Å². The van der Waals surface area contributed by atoms with Gasteiger partial charge in [0.05, 0.1) is 0 Å². The highest BCUT2D eigenvalue weighted by molar-refractivity contribution is 5.94. The summed E-state index contributed by atoms with van der Waals surface area (Å²) >= 11 is 0. The van der Waals surface area contributed by atoms with Crippen molar-refractivity contribution < 1.29 is 9.18 Å². The van der Waals surface area contributed by atoms with Crippen LogP contribution in [0.1, 0.15) is 5.56 Å². The smallest absolute Gasteiger partial charge is 0.321 e. The summed E-state index contributed by atoms with van der Waals surface area (Å²) < 4.78 is 12.8. The number of amides is 2. The highest BCUT2D eigenvalue weighted by Gasteiger charge is 2.20. The minimum absolute atomic E-state index is 0.0642. The molecule has 0 aromatic heterocycles. The van der Waals surface area contributed by atoms with Gasteiger partial charge >= 0.3 is 6.03 Å². The SMILES string of the molecule is O=C1NCCN1c1cccc(NCc2ccc(F)cc2)c1. The molecule has 0 saturated carbocycles. The second-order valence-electron chi connectivity index (χ2n) is 4.91. The van der Waals surface area contributed by atoms with E-state index in [4.69, 9.17) is 0 Å². The van der Waals surface area contributed by atoms with Gasteiger partial charge in [0, 0.05) is 31.0 Å². The lowest BCUT2D eigenvalue weighted by Crippen LogP contribution is -2.27. The largest absolute Gasteiger partial charge is 0.381 e. The Morgan fingerprint density at radius 3 is 2.71 bits per heavy atom. The Bertz CT molecular complexity index is 642. The van der Waals surface area contributed by atoms with E-state index in [-0.39, 0.29) is 11.8 Å². The Morgan fingerprint density at radius 2 is 2.00 bits per heavy atom. The van der Waals surface area contributed by atoms with Gasteiger partial charge in [0.25, 0.3) is 0 Å². The van der Waals surface area contributed by atoms with Crippen molar-refractivity contribution in [3.63, 3.8) is 0 Å². The van der Waals surface area contributed by atoms with Crippen molar-refractivity contribution in [2.24, 2.45) is 0 Å². The molecule has 2 amide bonds. The van der Waals surface area contributed by atoms with Gasteiger partial charge in [-0.3, -0.25) is 4.90 Å². The van der Waals surface area contributed by atoms with Crippen LogP contribution in [-0.2, 0) is 6.54 Å². The standard InChI is InChI=1S/C16H16FN3O/c17-13-6-4-12(5-7-13)11-19-14-2-1-3-15(10-14)20-9-8-18-16(20)21/h1-7,10,19H,8-9,11H2,(H,18,21). The van der Waals surface area contributed by atoms with E-state index in [1.54, 1.807) is 17.0 Å². The first kappa shape index (κ1) is 13.4. The van der Waals surface area contributed by atoms with Crippen LogP contribution in [0.5, 0.6) is 0 Å². The zero-order valence-corrected chi connectivity index (χ0v) is 11.5. The normalized spacial score (nSPS) is 14.1. The number of nitrogens with one attached hydrogen (secondary N) is 2. The Balaban J connectivity index is 1.68. The molecule has 0 unspecified atom stereocenters. The summed E-state index contributed by atoms with van der Waals surface area (Å²) in [6, 6.07) is 14.0. The van der Waals surface area contributed by atoms with E-state index < -0.39 is 0 Å². The molecule has 4 nitrogen and oxygen atoms in total. The van der Waals surface area contributed by atoms with Crippen molar-refractivity contribution in [3.8, 4) is 0 Å². The van der Waals surface area contributed by atoms with Gasteiger partial charge in [-0.05, 0) is 35.9 Å². The fourth-order valence-electron chi connectivity index (χ4n) is 2.31. The monoisotopic (exact) mass is 285 g/mol. The number of hydrogen-bond acceptors (Lipinski definition) is 2. The quantitative estimate of drug-likeness (QED) is 0.907. The van der Waals surface area contributed by atoms with Crippen LogP contribution in [0.2, 0.25) is 0 Å². The van der Waals surface area contributed by atoms with E-state index in [9.17, 15) is 9.18 Å². The van der Waals surface area contributed by atoms with E-state index in [0.717, 1.165) is 16.9 Å². The van der Waals surface area contributed by atoms with Gasteiger partial charge in [0.2, 0.25) is 0 Å². The maximum atomic E-state index is 12.8. The Kier molecular flexibility index (Phi) is 3.73. The van der Waals surface area contributed by atoms with Crippen molar-refractivity contribution in [2.45, 2.75) is 6.54 Å². The molecule has 0 bridgehead atoms. The summed E-state index contributed by atoms with van der Waals surface area (Å²) in [4.78, 5) is 13.4. The van der Waals surface area contributed by atoms with Gasteiger partial charge in [0.1, 0.15) is 5.82 Å². The van der Waals surface area contributed by atoms with Gasteiger partial charge in [-0.2, -0.15) is 0 Å². The molecule has 1 heterocycles. The van der Waals surface area contributed by atoms with Crippen LogP contribution in [0.15, 0.2) is 48.5 Å². The van der Waals surface area contributed by atoms with Gasteiger partial charge in [-0.25, -0.2) is 9.18 Å². The van der Waals surface area contributed by atoms with E-state index >= 15 is 0 Å². The summed E-state index contributed by atoms with van der Waals surface area (Å²) in [5.41, 5.74) is 2.80. The van der Waals surface area contributed by atoms with Gasteiger partial charge in [-0.1, -0.05) is 18.2 Å². The number of urea groups is 1. The van der Waals surface area contributed by atoms with Crippen molar-refractivity contribution in [1.82, 2.24) is 5.32 Å². The zero-order valence-electron chi connectivity index (χ0n) is 11.5. The Hall–Kier alpha value is -2.56. The molecule has 2 N–H and O–H groups in total. The first-order valence-corrected chi connectivity index (χ1v) is 6.86. The van der Waals surface area contributed by atoms with Gasteiger partial charge in [0.15, 0.2) is 0 Å². The summed E-state index contributed by atoms with van der Waals surface area (Å²) in [7, 11) is 0. The summed E-state index contributed by atoms with van der Waals surface area (Å²) in [6.45, 7) is 1.96. The molecule has 21 heavy (non-hydrogen) atoms. The predicted molar refractivity (Wildman–Crippen MR) is 80.9 cm³/mol. The second-order valence-corrected chi connectivity index (χ2v) is 4.91. The molecule has 2 aromatic carbocycles. The van der Waals surface area contributed by atoms with Crippen molar-refractivity contribution in [2.75, 3.05) is 23.3 Å². The average Bonchev–Trinajstić information content (AvgIpc) is 2.93. The number of benzene rings is 2. The third kappa shape index (κ3) is 3.13. The van der Waals surface area contributed by atoms with E-state index in [1.807, 2.05) is 24.3 Å². The topological polar surface area (TPSA) is 44.4 Å². The number of carbonyl (C=O) groups excluding carboxylic acids is 1. The molecule has 0 radical (unpaired) electrons. The summed E-state index contributed by atoms with van der Waals surface area (Å²) in [5.74, 6) is -0.235. The van der Waals surface area contributed by atoms with Crippen LogP contribution >= 0.6 is 0 Å². The van der Waals surface area contributed by atoms with Crippen LogP contribution in [-0.4, -0.2) is 19.1 Å². The Labute approximate surface area is 122 Å². The van der Waals surface area contributed by atoms with Crippen molar-refractivity contribution in [3.05, 3.63) is 59.9 Å². The number of carbonyl (C=O) groups is 1. The van der Waals surface area contributed by atoms with Gasteiger partial charge in [-0.15, -0.1) is 0 Å². The van der Waals surface area contributed by atoms with E-state index in [0.29, 0.717) is 19.6 Å². The van der Waals surface area contributed by atoms with Crippen LogP contribution in [0.25, 0.3) is 0 Å². The Morgan fingerprint density at radius 1 is 1.19 bits per heavy atom. The molecule has 0 aliphatic carbocycles. The number of rotatable bonds is 4. The maximum Gasteiger partial charge on any atom is 0.321 e. The lowest BCUT2D eigenvalue weighted by Gasteiger charge is -2.16. The minimum atomic E-state index is -0.235. The van der Waals surface area contributed by atoms with Crippen molar-refractivity contribution >= 4 is 17.4 Å². The van der Waals surface area contributed by atoms with Crippen LogP contribution < -0.4 is 15.5 Å². The molecular formula is C16H16FN3O. The molecule has 0 spiro atoms.